The first-order chi connectivity index (χ1) is 8.11. The molecule has 1 aromatic rings. The smallest absolute Gasteiger partial charge is 0.407 e. The summed E-state index contributed by atoms with van der Waals surface area (Å²) in [6, 6.07) is 7.86. The number of aliphatic hydroxyl groups is 1. The maximum atomic E-state index is 11.0. The Morgan fingerprint density at radius 1 is 1.53 bits per heavy atom. The minimum Gasteiger partial charge on any atom is -0.465 e. The van der Waals surface area contributed by atoms with Crippen LogP contribution in [0.15, 0.2) is 24.3 Å². The molecule has 4 heteroatoms. The summed E-state index contributed by atoms with van der Waals surface area (Å²) >= 11 is 0. The highest BCUT2D eigenvalue weighted by molar-refractivity contribution is 5.66. The molecule has 17 heavy (non-hydrogen) atoms. The van der Waals surface area contributed by atoms with Crippen molar-refractivity contribution in [2.24, 2.45) is 0 Å². The van der Waals surface area contributed by atoms with E-state index in [-0.39, 0.29) is 18.6 Å². The van der Waals surface area contributed by atoms with Crippen molar-refractivity contribution in [3.05, 3.63) is 35.4 Å². The van der Waals surface area contributed by atoms with Crippen LogP contribution >= 0.6 is 0 Å². The molecule has 0 saturated carbocycles. The van der Waals surface area contributed by atoms with Crippen molar-refractivity contribution in [1.29, 1.82) is 0 Å². The maximum absolute atomic E-state index is 11.0. The van der Waals surface area contributed by atoms with Crippen molar-refractivity contribution in [3.63, 3.8) is 0 Å². The van der Waals surface area contributed by atoms with Gasteiger partial charge in [-0.2, -0.15) is 0 Å². The van der Waals surface area contributed by atoms with E-state index in [1.807, 2.05) is 25.1 Å². The van der Waals surface area contributed by atoms with Gasteiger partial charge in [0.05, 0.1) is 12.6 Å². The van der Waals surface area contributed by atoms with E-state index in [9.17, 15) is 9.90 Å². The van der Waals surface area contributed by atoms with E-state index in [2.05, 4.69) is 6.07 Å². The monoisotopic (exact) mass is 235 g/mol. The predicted octanol–water partition coefficient (Wildman–Crippen LogP) is 1.82. The molecular weight excluding hydrogens is 218 g/mol. The Labute approximate surface area is 100 Å². The molecule has 1 saturated heterocycles. The highest BCUT2D eigenvalue weighted by Gasteiger charge is 2.35. The lowest BCUT2D eigenvalue weighted by molar-refractivity contribution is 0.118. The van der Waals surface area contributed by atoms with E-state index in [4.69, 9.17) is 5.11 Å². The summed E-state index contributed by atoms with van der Waals surface area (Å²) in [6.07, 6.45) is -0.245. The Kier molecular flexibility index (Phi) is 3.33. The highest BCUT2D eigenvalue weighted by atomic mass is 16.4. The molecule has 2 atom stereocenters. The molecule has 0 spiro atoms. The normalized spacial score (nSPS) is 24.0. The molecule has 0 unspecified atom stereocenters. The second-order valence-electron chi connectivity index (χ2n) is 4.62. The third-order valence-electron chi connectivity index (χ3n) is 3.38. The van der Waals surface area contributed by atoms with Gasteiger partial charge in [-0.3, -0.25) is 0 Å². The second-order valence-corrected chi connectivity index (χ2v) is 4.62. The zero-order valence-electron chi connectivity index (χ0n) is 9.84. The van der Waals surface area contributed by atoms with Crippen LogP contribution in [-0.2, 0) is 0 Å². The summed E-state index contributed by atoms with van der Waals surface area (Å²) in [5.41, 5.74) is 2.34. The summed E-state index contributed by atoms with van der Waals surface area (Å²) in [6.45, 7) is 2.40. The van der Waals surface area contributed by atoms with E-state index in [0.29, 0.717) is 13.0 Å². The van der Waals surface area contributed by atoms with Crippen molar-refractivity contribution < 1.29 is 15.0 Å². The first-order valence-corrected chi connectivity index (χ1v) is 5.79. The number of carbonyl (C=O) groups is 1. The van der Waals surface area contributed by atoms with E-state index in [1.54, 1.807) is 0 Å². The Bertz CT molecular complexity index is 419. The van der Waals surface area contributed by atoms with Gasteiger partial charge in [0, 0.05) is 12.5 Å². The molecule has 2 N–H and O–H groups in total. The summed E-state index contributed by atoms with van der Waals surface area (Å²) in [5, 5.41) is 18.2. The van der Waals surface area contributed by atoms with Crippen LogP contribution in [-0.4, -0.2) is 40.4 Å². The Morgan fingerprint density at radius 3 is 2.82 bits per heavy atom. The molecule has 0 aliphatic carbocycles. The van der Waals surface area contributed by atoms with Crippen LogP contribution < -0.4 is 0 Å². The summed E-state index contributed by atoms with van der Waals surface area (Å²) < 4.78 is 0. The summed E-state index contributed by atoms with van der Waals surface area (Å²) in [7, 11) is 0. The fourth-order valence-corrected chi connectivity index (χ4v) is 2.49. The summed E-state index contributed by atoms with van der Waals surface area (Å²) in [4.78, 5) is 12.4. The van der Waals surface area contributed by atoms with E-state index >= 15 is 0 Å². The Balaban J connectivity index is 2.17. The Hall–Kier alpha value is -1.55. The zero-order chi connectivity index (χ0) is 12.4. The number of rotatable bonds is 2. The lowest BCUT2D eigenvalue weighted by Crippen LogP contribution is -2.36. The number of nitrogens with zero attached hydrogens (tertiary/aromatic N) is 1. The molecule has 92 valence electrons. The number of hydrogen-bond donors (Lipinski definition) is 2. The summed E-state index contributed by atoms with van der Waals surface area (Å²) in [5.74, 6) is 0.197. The van der Waals surface area contributed by atoms with E-state index in [1.165, 1.54) is 10.5 Å². The van der Waals surface area contributed by atoms with Crippen LogP contribution in [0.3, 0.4) is 0 Å². The fourth-order valence-electron chi connectivity index (χ4n) is 2.49. The third-order valence-corrected chi connectivity index (χ3v) is 3.38. The molecule has 1 aromatic carbocycles. The van der Waals surface area contributed by atoms with Gasteiger partial charge in [0.15, 0.2) is 0 Å². The van der Waals surface area contributed by atoms with Crippen LogP contribution in [0.1, 0.15) is 23.5 Å². The number of hydrogen-bond acceptors (Lipinski definition) is 2. The van der Waals surface area contributed by atoms with Gasteiger partial charge in [-0.05, 0) is 18.9 Å². The van der Waals surface area contributed by atoms with Crippen LogP contribution in [0, 0.1) is 6.92 Å². The number of amides is 1. The number of benzene rings is 1. The molecule has 4 nitrogen and oxygen atoms in total. The van der Waals surface area contributed by atoms with Gasteiger partial charge in [-0.25, -0.2) is 4.79 Å². The first-order valence-electron chi connectivity index (χ1n) is 5.79. The SMILES string of the molecule is Cc1cccc([C@H]2C[C@@H](CO)N(C(=O)O)C2)c1. The average Bonchev–Trinajstić information content (AvgIpc) is 2.73. The van der Waals surface area contributed by atoms with Crippen molar-refractivity contribution in [2.75, 3.05) is 13.2 Å². The van der Waals surface area contributed by atoms with Gasteiger partial charge in [-0.15, -0.1) is 0 Å². The number of likely N-dealkylation sites (tertiary alicyclic amines) is 1. The molecule has 0 aromatic heterocycles. The van der Waals surface area contributed by atoms with Gasteiger partial charge >= 0.3 is 6.09 Å². The first kappa shape index (κ1) is 11.9. The molecular formula is C13H17NO3. The molecule has 0 bridgehead atoms. The average molecular weight is 235 g/mol. The van der Waals surface area contributed by atoms with Crippen molar-refractivity contribution >= 4 is 6.09 Å². The topological polar surface area (TPSA) is 60.8 Å². The predicted molar refractivity (Wildman–Crippen MR) is 64.1 cm³/mol. The lowest BCUT2D eigenvalue weighted by Gasteiger charge is -2.18. The van der Waals surface area contributed by atoms with Crippen molar-refractivity contribution in [1.82, 2.24) is 4.90 Å². The van der Waals surface area contributed by atoms with Gasteiger partial charge in [0.1, 0.15) is 0 Å². The van der Waals surface area contributed by atoms with E-state index < -0.39 is 6.09 Å². The minimum absolute atomic E-state index is 0.103. The van der Waals surface area contributed by atoms with Crippen molar-refractivity contribution in [2.45, 2.75) is 25.3 Å². The standard InChI is InChI=1S/C13H17NO3/c1-9-3-2-4-10(5-9)11-6-12(8-15)14(7-11)13(16)17/h2-5,11-12,15H,6-8H2,1H3,(H,16,17)/t11-,12-/m0/s1. The molecule has 1 aliphatic rings. The number of aryl methyl sites for hydroxylation is 1. The molecule has 1 amide bonds. The maximum Gasteiger partial charge on any atom is 0.407 e. The van der Waals surface area contributed by atoms with Crippen LogP contribution in [0.4, 0.5) is 4.79 Å². The molecule has 0 radical (unpaired) electrons. The van der Waals surface area contributed by atoms with Gasteiger partial charge in [0.2, 0.25) is 0 Å². The minimum atomic E-state index is -0.945. The van der Waals surface area contributed by atoms with Crippen LogP contribution in [0.5, 0.6) is 0 Å². The number of aliphatic hydroxyl groups excluding tert-OH is 1. The fraction of sp³-hybridized carbons (Fsp3) is 0.462. The Morgan fingerprint density at radius 2 is 2.29 bits per heavy atom. The molecule has 2 rings (SSSR count). The largest absolute Gasteiger partial charge is 0.465 e. The van der Waals surface area contributed by atoms with Crippen molar-refractivity contribution in [3.8, 4) is 0 Å². The number of carboxylic acid groups (broad SMARTS) is 1. The molecule has 1 aliphatic heterocycles. The van der Waals surface area contributed by atoms with Gasteiger partial charge < -0.3 is 15.1 Å². The lowest BCUT2D eigenvalue weighted by atomic mass is 9.95. The highest BCUT2D eigenvalue weighted by Crippen LogP contribution is 2.31. The second kappa shape index (κ2) is 4.75. The zero-order valence-corrected chi connectivity index (χ0v) is 9.84. The quantitative estimate of drug-likeness (QED) is 0.822. The van der Waals surface area contributed by atoms with Gasteiger partial charge in [-0.1, -0.05) is 29.8 Å². The molecule has 1 heterocycles. The molecule has 1 fully saturated rings. The third kappa shape index (κ3) is 2.42. The van der Waals surface area contributed by atoms with E-state index in [0.717, 1.165) is 5.56 Å². The van der Waals surface area contributed by atoms with Gasteiger partial charge in [0.25, 0.3) is 0 Å². The van der Waals surface area contributed by atoms with Crippen LogP contribution in [0.2, 0.25) is 0 Å². The van der Waals surface area contributed by atoms with Crippen LogP contribution in [0.25, 0.3) is 0 Å².